The highest BCUT2D eigenvalue weighted by Gasteiger charge is 2.16. The molecule has 2 aromatic rings. The molecule has 0 bridgehead atoms. The Kier molecular flexibility index (Phi) is 5.71. The number of hydrogen-bond donors (Lipinski definition) is 1. The standard InChI is InChI=1S/C15H14Cl2N2O4S/c1-19(2)24(21,22)23-11-8-6-10(7-9-11)15(20)18-13-5-3-4-12(16)14(13)17/h3-9H,1-2H3,(H,18,20). The molecule has 0 saturated carbocycles. The van der Waals surface area contributed by atoms with Crippen molar-refractivity contribution in [2.45, 2.75) is 0 Å². The fraction of sp³-hybridized carbons (Fsp3) is 0.133. The predicted molar refractivity (Wildman–Crippen MR) is 94.1 cm³/mol. The van der Waals surface area contributed by atoms with Crippen molar-refractivity contribution in [1.82, 2.24) is 4.31 Å². The minimum Gasteiger partial charge on any atom is -0.371 e. The first-order valence-corrected chi connectivity index (χ1v) is 8.80. The van der Waals surface area contributed by atoms with E-state index in [0.717, 1.165) is 4.31 Å². The molecule has 0 atom stereocenters. The number of carbonyl (C=O) groups is 1. The van der Waals surface area contributed by atoms with E-state index in [1.165, 1.54) is 38.4 Å². The zero-order valence-corrected chi connectivity index (χ0v) is 15.1. The topological polar surface area (TPSA) is 75.7 Å². The Morgan fingerprint density at radius 3 is 2.29 bits per heavy atom. The monoisotopic (exact) mass is 388 g/mol. The van der Waals surface area contributed by atoms with E-state index in [-0.39, 0.29) is 10.8 Å². The second-order valence-corrected chi connectivity index (χ2v) is 7.44. The molecule has 2 rings (SSSR count). The van der Waals surface area contributed by atoms with Crippen LogP contribution < -0.4 is 9.50 Å². The van der Waals surface area contributed by atoms with Gasteiger partial charge in [0.1, 0.15) is 5.75 Å². The second kappa shape index (κ2) is 7.40. The third kappa shape index (κ3) is 4.39. The van der Waals surface area contributed by atoms with E-state index in [2.05, 4.69) is 5.32 Å². The van der Waals surface area contributed by atoms with Crippen LogP contribution in [0.2, 0.25) is 10.0 Å². The molecule has 0 saturated heterocycles. The summed E-state index contributed by atoms with van der Waals surface area (Å²) in [5.41, 5.74) is 0.685. The molecule has 0 heterocycles. The Labute approximate surface area is 150 Å². The largest absolute Gasteiger partial charge is 0.384 e. The van der Waals surface area contributed by atoms with E-state index >= 15 is 0 Å². The van der Waals surface area contributed by atoms with Crippen molar-refractivity contribution in [1.29, 1.82) is 0 Å². The van der Waals surface area contributed by atoms with E-state index in [1.54, 1.807) is 18.2 Å². The minimum absolute atomic E-state index is 0.0982. The molecule has 0 fully saturated rings. The summed E-state index contributed by atoms with van der Waals surface area (Å²) in [5, 5.41) is 3.20. The van der Waals surface area contributed by atoms with Gasteiger partial charge < -0.3 is 9.50 Å². The lowest BCUT2D eigenvalue weighted by Gasteiger charge is -2.12. The van der Waals surface area contributed by atoms with Gasteiger partial charge in [0.15, 0.2) is 0 Å². The second-order valence-electron chi connectivity index (χ2n) is 4.90. The van der Waals surface area contributed by atoms with Crippen molar-refractivity contribution in [2.24, 2.45) is 0 Å². The molecular weight excluding hydrogens is 375 g/mol. The van der Waals surface area contributed by atoms with Crippen molar-refractivity contribution >= 4 is 45.1 Å². The Bertz CT molecular complexity index is 852. The molecule has 0 aliphatic heterocycles. The number of benzene rings is 2. The van der Waals surface area contributed by atoms with Gasteiger partial charge in [0, 0.05) is 19.7 Å². The van der Waals surface area contributed by atoms with E-state index < -0.39 is 16.2 Å². The Balaban J connectivity index is 2.13. The van der Waals surface area contributed by atoms with E-state index in [0.29, 0.717) is 16.3 Å². The van der Waals surface area contributed by atoms with Crippen LogP contribution in [0.5, 0.6) is 5.75 Å². The maximum absolute atomic E-state index is 12.2. The summed E-state index contributed by atoms with van der Waals surface area (Å²) in [6.07, 6.45) is 0. The normalized spacial score (nSPS) is 11.4. The Morgan fingerprint density at radius 2 is 1.71 bits per heavy atom. The van der Waals surface area contributed by atoms with Crippen molar-refractivity contribution in [3.05, 3.63) is 58.1 Å². The van der Waals surface area contributed by atoms with Gasteiger partial charge in [-0.1, -0.05) is 29.3 Å². The van der Waals surface area contributed by atoms with Gasteiger partial charge in [-0.05, 0) is 36.4 Å². The fourth-order valence-electron chi connectivity index (χ4n) is 1.65. The van der Waals surface area contributed by atoms with Crippen LogP contribution in [0.25, 0.3) is 0 Å². The summed E-state index contributed by atoms with van der Waals surface area (Å²) in [6, 6.07) is 10.5. The lowest BCUT2D eigenvalue weighted by atomic mass is 10.2. The Morgan fingerprint density at radius 1 is 1.08 bits per heavy atom. The average molecular weight is 389 g/mol. The van der Waals surface area contributed by atoms with Crippen molar-refractivity contribution < 1.29 is 17.4 Å². The lowest BCUT2D eigenvalue weighted by molar-refractivity contribution is 0.102. The van der Waals surface area contributed by atoms with Gasteiger partial charge >= 0.3 is 10.3 Å². The van der Waals surface area contributed by atoms with Gasteiger partial charge in [-0.25, -0.2) is 0 Å². The first kappa shape index (κ1) is 18.5. The van der Waals surface area contributed by atoms with Crippen LogP contribution in [-0.2, 0) is 10.3 Å². The van der Waals surface area contributed by atoms with Crippen molar-refractivity contribution in [3.63, 3.8) is 0 Å². The maximum atomic E-state index is 12.2. The molecule has 6 nitrogen and oxygen atoms in total. The van der Waals surface area contributed by atoms with Crippen LogP contribution in [0.3, 0.4) is 0 Å². The molecule has 1 amide bonds. The third-order valence-electron chi connectivity index (χ3n) is 2.97. The summed E-state index contributed by atoms with van der Waals surface area (Å²) >= 11 is 11.9. The zero-order chi connectivity index (χ0) is 17.9. The van der Waals surface area contributed by atoms with Crippen LogP contribution in [0.4, 0.5) is 5.69 Å². The number of anilines is 1. The first-order chi connectivity index (χ1) is 11.2. The van der Waals surface area contributed by atoms with Gasteiger partial charge in [-0.15, -0.1) is 0 Å². The number of nitrogens with zero attached hydrogens (tertiary/aromatic N) is 1. The molecule has 9 heteroatoms. The summed E-state index contributed by atoms with van der Waals surface area (Å²) in [5.74, 6) is -0.317. The van der Waals surface area contributed by atoms with Crippen molar-refractivity contribution in [3.8, 4) is 5.75 Å². The van der Waals surface area contributed by atoms with Crippen LogP contribution in [0, 0.1) is 0 Å². The quantitative estimate of drug-likeness (QED) is 0.850. The number of nitrogens with one attached hydrogen (secondary N) is 1. The number of hydrogen-bond acceptors (Lipinski definition) is 4. The molecule has 0 radical (unpaired) electrons. The number of carbonyl (C=O) groups excluding carboxylic acids is 1. The molecule has 0 aliphatic rings. The Hall–Kier alpha value is -1.80. The molecule has 1 N–H and O–H groups in total. The average Bonchev–Trinajstić information content (AvgIpc) is 2.52. The maximum Gasteiger partial charge on any atom is 0.384 e. The lowest BCUT2D eigenvalue weighted by Crippen LogP contribution is -2.27. The van der Waals surface area contributed by atoms with E-state index in [4.69, 9.17) is 27.4 Å². The van der Waals surface area contributed by atoms with Gasteiger partial charge in [-0.2, -0.15) is 12.7 Å². The van der Waals surface area contributed by atoms with Crippen molar-refractivity contribution in [2.75, 3.05) is 19.4 Å². The fourth-order valence-corrected chi connectivity index (χ4v) is 2.50. The van der Waals surface area contributed by atoms with Crippen LogP contribution >= 0.6 is 23.2 Å². The highest BCUT2D eigenvalue weighted by molar-refractivity contribution is 7.84. The molecule has 2 aromatic carbocycles. The molecule has 0 spiro atoms. The van der Waals surface area contributed by atoms with Crippen LogP contribution in [0.15, 0.2) is 42.5 Å². The van der Waals surface area contributed by atoms with Crippen LogP contribution in [-0.4, -0.2) is 32.7 Å². The SMILES string of the molecule is CN(C)S(=O)(=O)Oc1ccc(C(=O)Nc2cccc(Cl)c2Cl)cc1. The highest BCUT2D eigenvalue weighted by Crippen LogP contribution is 2.29. The molecule has 128 valence electrons. The smallest absolute Gasteiger partial charge is 0.371 e. The number of halogens is 2. The highest BCUT2D eigenvalue weighted by atomic mass is 35.5. The van der Waals surface area contributed by atoms with Gasteiger partial charge in [0.05, 0.1) is 15.7 Å². The summed E-state index contributed by atoms with van der Waals surface area (Å²) in [4.78, 5) is 12.2. The van der Waals surface area contributed by atoms with Crippen LogP contribution in [0.1, 0.15) is 10.4 Å². The van der Waals surface area contributed by atoms with Gasteiger partial charge in [0.2, 0.25) is 0 Å². The molecule has 0 aromatic heterocycles. The zero-order valence-electron chi connectivity index (χ0n) is 12.8. The summed E-state index contributed by atoms with van der Waals surface area (Å²) in [7, 11) is -1.14. The van der Waals surface area contributed by atoms with E-state index in [9.17, 15) is 13.2 Å². The third-order valence-corrected chi connectivity index (χ3v) is 5.08. The minimum atomic E-state index is -3.84. The first-order valence-electron chi connectivity index (χ1n) is 6.68. The molecule has 0 unspecified atom stereocenters. The molecule has 24 heavy (non-hydrogen) atoms. The molecular formula is C15H14Cl2N2O4S. The number of rotatable bonds is 5. The summed E-state index contributed by atoms with van der Waals surface area (Å²) in [6.45, 7) is 0. The summed E-state index contributed by atoms with van der Waals surface area (Å²) < 4.78 is 29.1. The van der Waals surface area contributed by atoms with Gasteiger partial charge in [0.25, 0.3) is 5.91 Å². The molecule has 0 aliphatic carbocycles. The number of amides is 1. The predicted octanol–water partition coefficient (Wildman–Crippen LogP) is 3.43. The van der Waals surface area contributed by atoms with Gasteiger partial charge in [-0.3, -0.25) is 4.79 Å². The van der Waals surface area contributed by atoms with E-state index in [1.807, 2.05) is 0 Å².